The molecule has 0 aromatic heterocycles. The molecule has 0 fully saturated rings. The van der Waals surface area contributed by atoms with Crippen molar-refractivity contribution in [1.29, 1.82) is 0 Å². The van der Waals surface area contributed by atoms with Crippen LogP contribution in [0.2, 0.25) is 0 Å². The van der Waals surface area contributed by atoms with Crippen LogP contribution in [0.15, 0.2) is 94.8 Å². The molecular weight excluding hydrogens is 464 g/mol. The Hall–Kier alpha value is -3.78. The lowest BCUT2D eigenvalue weighted by molar-refractivity contribution is -0.146. The number of carbonyl (C=O) groups excluding carboxylic acids is 2. The topological polar surface area (TPSA) is 102 Å². The lowest BCUT2D eigenvalue weighted by Gasteiger charge is -2.24. The molecule has 0 saturated carbocycles. The van der Waals surface area contributed by atoms with Crippen molar-refractivity contribution >= 4 is 27.6 Å². The van der Waals surface area contributed by atoms with E-state index < -0.39 is 33.9 Å². The number of carbonyl (C=O) groups is 2. The first-order valence-corrected chi connectivity index (χ1v) is 12.8. The number of nitrogens with one attached hydrogen (secondary N) is 1. The van der Waals surface area contributed by atoms with Gasteiger partial charge >= 0.3 is 5.97 Å². The molecule has 180 valence electrons. The Morgan fingerprint density at radius 3 is 2.11 bits per heavy atom. The molecule has 0 radical (unpaired) electrons. The molecular formula is C27H26N2O5S. The minimum atomic E-state index is -4.06. The van der Waals surface area contributed by atoms with Gasteiger partial charge in [0.1, 0.15) is 17.8 Å². The average molecular weight is 491 g/mol. The number of benzene rings is 3. The Morgan fingerprint density at radius 2 is 1.51 bits per heavy atom. The van der Waals surface area contributed by atoms with Crippen LogP contribution in [-0.2, 0) is 19.6 Å². The van der Waals surface area contributed by atoms with E-state index in [2.05, 4.69) is 9.71 Å². The number of aryl methyl sites for hydroxylation is 1. The third-order valence-corrected chi connectivity index (χ3v) is 7.26. The molecule has 3 unspecified atom stereocenters. The quantitative estimate of drug-likeness (QED) is 0.400. The molecule has 0 saturated heterocycles. The van der Waals surface area contributed by atoms with Gasteiger partial charge in [-0.25, -0.2) is 8.42 Å². The van der Waals surface area contributed by atoms with E-state index in [9.17, 15) is 18.0 Å². The molecule has 3 aromatic rings. The predicted octanol–water partition coefficient (Wildman–Crippen LogP) is 3.90. The van der Waals surface area contributed by atoms with Crippen molar-refractivity contribution in [2.24, 2.45) is 10.9 Å². The molecule has 4 rings (SSSR count). The van der Waals surface area contributed by atoms with Crippen LogP contribution in [-0.4, -0.2) is 38.7 Å². The van der Waals surface area contributed by atoms with Gasteiger partial charge in [0.2, 0.25) is 0 Å². The summed E-state index contributed by atoms with van der Waals surface area (Å²) < 4.78 is 34.2. The molecule has 3 atom stereocenters. The molecule has 0 spiro atoms. The summed E-state index contributed by atoms with van der Waals surface area (Å²) in [5.74, 6) is -2.89. The summed E-state index contributed by atoms with van der Waals surface area (Å²) in [5, 5.41) is 0. The van der Waals surface area contributed by atoms with E-state index in [4.69, 9.17) is 4.74 Å². The molecule has 7 nitrogen and oxygen atoms in total. The lowest BCUT2D eigenvalue weighted by Crippen LogP contribution is -2.40. The number of ether oxygens (including phenoxy) is 1. The summed E-state index contributed by atoms with van der Waals surface area (Å²) >= 11 is 0. The molecule has 1 aliphatic rings. The highest BCUT2D eigenvalue weighted by Crippen LogP contribution is 2.39. The standard InChI is InChI=1S/C27H26N2O5S/c1-3-34-27(31)23-22(19-10-6-4-7-11-19)24(25(30)20-12-8-5-9-13-20)28-26(23)29-35(32,33)21-16-14-18(2)15-17-21/h4-17,22-24H,3H2,1-2H3,(H,28,29). The van der Waals surface area contributed by atoms with Crippen LogP contribution in [0, 0.1) is 12.8 Å². The zero-order valence-corrected chi connectivity index (χ0v) is 20.2. The number of amidine groups is 1. The van der Waals surface area contributed by atoms with Crippen molar-refractivity contribution in [3.63, 3.8) is 0 Å². The number of aliphatic imine (C=N–C) groups is 1. The predicted molar refractivity (Wildman–Crippen MR) is 133 cm³/mol. The molecule has 1 N–H and O–H groups in total. The number of Topliss-reactive ketones (excluding diaryl/α,β-unsaturated/α-hetero) is 1. The van der Waals surface area contributed by atoms with Gasteiger partial charge in [0.25, 0.3) is 10.0 Å². The van der Waals surface area contributed by atoms with Gasteiger partial charge in [0, 0.05) is 11.5 Å². The second-order valence-electron chi connectivity index (χ2n) is 8.27. The van der Waals surface area contributed by atoms with Gasteiger partial charge in [-0.2, -0.15) is 0 Å². The highest BCUT2D eigenvalue weighted by Gasteiger charge is 2.49. The largest absolute Gasteiger partial charge is 0.465 e. The molecule has 0 amide bonds. The number of ketones is 1. The van der Waals surface area contributed by atoms with Crippen molar-refractivity contribution in [2.75, 3.05) is 6.61 Å². The first kappa shape index (κ1) is 24.3. The molecule has 0 aliphatic carbocycles. The zero-order valence-electron chi connectivity index (χ0n) is 19.4. The Morgan fingerprint density at radius 1 is 0.914 bits per heavy atom. The smallest absolute Gasteiger partial charge is 0.317 e. The van der Waals surface area contributed by atoms with E-state index in [1.54, 1.807) is 73.7 Å². The van der Waals surface area contributed by atoms with Crippen LogP contribution in [0.1, 0.15) is 34.3 Å². The van der Waals surface area contributed by atoms with Gasteiger partial charge in [-0.15, -0.1) is 0 Å². The van der Waals surface area contributed by atoms with Crippen LogP contribution >= 0.6 is 0 Å². The number of nitrogens with zero attached hydrogens (tertiary/aromatic N) is 1. The van der Waals surface area contributed by atoms with Crippen LogP contribution < -0.4 is 4.72 Å². The summed E-state index contributed by atoms with van der Waals surface area (Å²) in [4.78, 5) is 31.2. The lowest BCUT2D eigenvalue weighted by atomic mass is 9.80. The maximum Gasteiger partial charge on any atom is 0.317 e. The summed E-state index contributed by atoms with van der Waals surface area (Å²) in [7, 11) is -4.06. The van der Waals surface area contributed by atoms with Gasteiger partial charge < -0.3 is 4.74 Å². The van der Waals surface area contributed by atoms with Crippen LogP contribution in [0.5, 0.6) is 0 Å². The zero-order chi connectivity index (χ0) is 25.0. The summed E-state index contributed by atoms with van der Waals surface area (Å²) in [5.41, 5.74) is 2.02. The van der Waals surface area contributed by atoms with Crippen molar-refractivity contribution in [2.45, 2.75) is 30.7 Å². The van der Waals surface area contributed by atoms with Crippen molar-refractivity contribution in [1.82, 2.24) is 4.72 Å². The van der Waals surface area contributed by atoms with Crippen molar-refractivity contribution < 1.29 is 22.7 Å². The normalized spacial score (nSPS) is 19.6. The number of esters is 1. The maximum atomic E-state index is 13.5. The molecule has 1 aliphatic heterocycles. The molecule has 1 heterocycles. The summed E-state index contributed by atoms with van der Waals surface area (Å²) in [6.07, 6.45) is 0. The van der Waals surface area contributed by atoms with E-state index in [1.165, 1.54) is 12.1 Å². The number of sulfonamides is 1. The maximum absolute atomic E-state index is 13.5. The van der Waals surface area contributed by atoms with Crippen molar-refractivity contribution in [3.8, 4) is 0 Å². The van der Waals surface area contributed by atoms with E-state index in [0.717, 1.165) is 5.56 Å². The van der Waals surface area contributed by atoms with E-state index in [0.29, 0.717) is 11.1 Å². The second-order valence-corrected chi connectivity index (χ2v) is 9.96. The van der Waals surface area contributed by atoms with Crippen molar-refractivity contribution in [3.05, 3.63) is 102 Å². The van der Waals surface area contributed by atoms with Gasteiger partial charge in [-0.1, -0.05) is 78.4 Å². The molecule has 3 aromatic carbocycles. The summed E-state index contributed by atoms with van der Waals surface area (Å²) in [6.45, 7) is 3.63. The van der Waals surface area contributed by atoms with E-state index in [-0.39, 0.29) is 23.1 Å². The first-order valence-electron chi connectivity index (χ1n) is 11.3. The number of rotatable bonds is 7. The van der Waals surface area contributed by atoms with E-state index in [1.807, 2.05) is 13.0 Å². The highest BCUT2D eigenvalue weighted by molar-refractivity contribution is 7.90. The van der Waals surface area contributed by atoms with Gasteiger partial charge in [-0.3, -0.25) is 19.3 Å². The fourth-order valence-corrected chi connectivity index (χ4v) is 5.27. The molecule has 35 heavy (non-hydrogen) atoms. The Bertz CT molecular complexity index is 1340. The fraction of sp³-hybridized carbons (Fsp3) is 0.222. The minimum absolute atomic E-state index is 0.0301. The Kier molecular flexibility index (Phi) is 7.12. The Labute approximate surface area is 204 Å². The van der Waals surface area contributed by atoms with Crippen LogP contribution in [0.25, 0.3) is 0 Å². The highest BCUT2D eigenvalue weighted by atomic mass is 32.2. The van der Waals surface area contributed by atoms with Gasteiger partial charge in [0.15, 0.2) is 5.78 Å². The van der Waals surface area contributed by atoms with Gasteiger partial charge in [-0.05, 0) is 31.5 Å². The molecule has 8 heteroatoms. The third kappa shape index (κ3) is 5.17. The second kappa shape index (κ2) is 10.2. The number of hydrogen-bond acceptors (Lipinski definition) is 6. The van der Waals surface area contributed by atoms with E-state index >= 15 is 0 Å². The van der Waals surface area contributed by atoms with Gasteiger partial charge in [0.05, 0.1) is 11.5 Å². The minimum Gasteiger partial charge on any atom is -0.465 e. The first-order chi connectivity index (χ1) is 16.8. The monoisotopic (exact) mass is 490 g/mol. The van der Waals surface area contributed by atoms with Crippen LogP contribution in [0.3, 0.4) is 0 Å². The molecule has 0 bridgehead atoms. The number of hydrogen-bond donors (Lipinski definition) is 1. The summed E-state index contributed by atoms with van der Waals surface area (Å²) in [6, 6.07) is 23.0. The Balaban J connectivity index is 1.81. The SMILES string of the molecule is CCOC(=O)C1C(NS(=O)(=O)c2ccc(C)cc2)=NC(C(=O)c2ccccc2)C1c1ccccc1. The van der Waals surface area contributed by atoms with Crippen LogP contribution in [0.4, 0.5) is 0 Å². The third-order valence-electron chi connectivity index (χ3n) is 5.89. The average Bonchev–Trinajstić information content (AvgIpc) is 3.23. The fourth-order valence-electron chi connectivity index (χ4n) is 4.20.